The van der Waals surface area contributed by atoms with E-state index >= 15 is 0 Å². The van der Waals surface area contributed by atoms with Crippen LogP contribution in [0.3, 0.4) is 0 Å². The first-order valence-corrected chi connectivity index (χ1v) is 10.1. The molecule has 156 valence electrons. The van der Waals surface area contributed by atoms with E-state index in [9.17, 15) is 19.7 Å². The summed E-state index contributed by atoms with van der Waals surface area (Å²) >= 11 is 3.32. The lowest BCUT2D eigenvalue weighted by Crippen LogP contribution is -2.34. The van der Waals surface area contributed by atoms with E-state index < -0.39 is 16.7 Å². The van der Waals surface area contributed by atoms with E-state index in [1.54, 1.807) is 30.3 Å². The van der Waals surface area contributed by atoms with Gasteiger partial charge in [-0.1, -0.05) is 54.6 Å². The summed E-state index contributed by atoms with van der Waals surface area (Å²) in [5.41, 5.74) is 1.50. The van der Waals surface area contributed by atoms with Crippen molar-refractivity contribution < 1.29 is 14.5 Å². The van der Waals surface area contributed by atoms with Crippen LogP contribution in [0.1, 0.15) is 21.5 Å². The van der Waals surface area contributed by atoms with Crippen LogP contribution in [0.5, 0.6) is 0 Å². The first-order chi connectivity index (χ1) is 14.9. The van der Waals surface area contributed by atoms with Crippen molar-refractivity contribution in [1.82, 2.24) is 10.6 Å². The third-order valence-corrected chi connectivity index (χ3v) is 4.99. The van der Waals surface area contributed by atoms with E-state index in [2.05, 4.69) is 26.6 Å². The van der Waals surface area contributed by atoms with Crippen molar-refractivity contribution in [2.75, 3.05) is 0 Å². The second-order valence-electron chi connectivity index (χ2n) is 6.51. The normalized spacial score (nSPS) is 10.9. The molecule has 3 aromatic rings. The smallest absolute Gasteiger partial charge is 0.270 e. The number of nitro groups is 1. The number of hydrogen-bond donors (Lipinski definition) is 2. The van der Waals surface area contributed by atoms with Gasteiger partial charge in [-0.15, -0.1) is 0 Å². The largest absolute Gasteiger partial charge is 0.347 e. The minimum absolute atomic E-state index is 0.0304. The highest BCUT2D eigenvalue weighted by Crippen LogP contribution is 2.18. The number of nitro benzene ring substituents is 1. The maximum absolute atomic E-state index is 12.9. The predicted octanol–water partition coefficient (Wildman–Crippen LogP) is 4.44. The quantitative estimate of drug-likeness (QED) is 0.297. The molecule has 3 aromatic carbocycles. The van der Waals surface area contributed by atoms with Gasteiger partial charge in [0.1, 0.15) is 5.70 Å². The van der Waals surface area contributed by atoms with Gasteiger partial charge in [0.25, 0.3) is 17.5 Å². The number of non-ortho nitro benzene ring substituents is 1. The number of nitrogens with zero attached hydrogens (tertiary/aromatic N) is 1. The first kappa shape index (κ1) is 21.9. The third-order valence-electron chi connectivity index (χ3n) is 4.30. The molecular formula is C23H18BrN3O4. The molecule has 3 rings (SSSR count). The van der Waals surface area contributed by atoms with Crippen LogP contribution in [-0.2, 0) is 11.3 Å². The number of rotatable bonds is 7. The molecule has 0 unspecified atom stereocenters. The van der Waals surface area contributed by atoms with Crippen molar-refractivity contribution in [3.63, 3.8) is 0 Å². The molecular weight excluding hydrogens is 462 g/mol. The number of halogens is 1. The summed E-state index contributed by atoms with van der Waals surface area (Å²) in [5.74, 6) is -1.00. The number of hydrogen-bond acceptors (Lipinski definition) is 4. The van der Waals surface area contributed by atoms with Crippen molar-refractivity contribution in [2.45, 2.75) is 6.54 Å². The van der Waals surface area contributed by atoms with Crippen LogP contribution in [0.2, 0.25) is 0 Å². The molecule has 0 aliphatic carbocycles. The van der Waals surface area contributed by atoms with Crippen LogP contribution in [0.25, 0.3) is 6.08 Å². The first-order valence-electron chi connectivity index (χ1n) is 9.28. The lowest BCUT2D eigenvalue weighted by molar-refractivity contribution is -0.384. The van der Waals surface area contributed by atoms with Crippen molar-refractivity contribution in [1.29, 1.82) is 0 Å². The molecule has 0 heterocycles. The van der Waals surface area contributed by atoms with E-state index in [0.717, 1.165) is 5.56 Å². The zero-order valence-electron chi connectivity index (χ0n) is 16.2. The van der Waals surface area contributed by atoms with Crippen LogP contribution in [0, 0.1) is 10.1 Å². The Hall–Kier alpha value is -3.78. The number of benzene rings is 3. The Morgan fingerprint density at radius 2 is 1.68 bits per heavy atom. The van der Waals surface area contributed by atoms with E-state index in [1.807, 2.05) is 30.3 Å². The molecule has 7 nitrogen and oxygen atoms in total. The summed E-state index contributed by atoms with van der Waals surface area (Å²) in [7, 11) is 0. The fraction of sp³-hybridized carbons (Fsp3) is 0.0435. The molecule has 0 aliphatic rings. The fourth-order valence-electron chi connectivity index (χ4n) is 2.76. The summed E-state index contributed by atoms with van der Waals surface area (Å²) in [5, 5.41) is 16.4. The van der Waals surface area contributed by atoms with E-state index in [1.165, 1.54) is 24.3 Å². The van der Waals surface area contributed by atoms with Crippen LogP contribution in [-0.4, -0.2) is 16.7 Å². The molecule has 31 heavy (non-hydrogen) atoms. The standard InChI is InChI=1S/C23H18BrN3O4/c24-20-12-5-4-11-19(20)22(28)26-21(14-17-9-6-10-18(13-17)27(30)31)23(29)25-15-16-7-2-1-3-8-16/h1-14H,15H2,(H,25,29)(H,26,28)/b21-14-. The van der Waals surface area contributed by atoms with E-state index in [0.29, 0.717) is 15.6 Å². The highest BCUT2D eigenvalue weighted by atomic mass is 79.9. The molecule has 0 spiro atoms. The number of carbonyl (C=O) groups is 2. The van der Waals surface area contributed by atoms with Crippen molar-refractivity contribution in [3.8, 4) is 0 Å². The van der Waals surface area contributed by atoms with Gasteiger partial charge < -0.3 is 10.6 Å². The summed E-state index contributed by atoms with van der Waals surface area (Å²) in [6.45, 7) is 0.261. The average Bonchev–Trinajstić information content (AvgIpc) is 2.78. The Bertz CT molecular complexity index is 1150. The molecule has 0 aliphatic heterocycles. The summed E-state index contributed by atoms with van der Waals surface area (Å²) in [6.07, 6.45) is 1.40. The molecule has 2 amide bonds. The molecule has 0 radical (unpaired) electrons. The number of nitrogens with one attached hydrogen (secondary N) is 2. The summed E-state index contributed by atoms with van der Waals surface area (Å²) in [4.78, 5) is 36.1. The maximum Gasteiger partial charge on any atom is 0.270 e. The van der Waals surface area contributed by atoms with Gasteiger partial charge in [-0.3, -0.25) is 19.7 Å². The highest BCUT2D eigenvalue weighted by molar-refractivity contribution is 9.10. The Kier molecular flexibility index (Phi) is 7.29. The van der Waals surface area contributed by atoms with E-state index in [4.69, 9.17) is 0 Å². The zero-order valence-corrected chi connectivity index (χ0v) is 17.8. The average molecular weight is 480 g/mol. The van der Waals surface area contributed by atoms with Gasteiger partial charge in [-0.05, 0) is 45.3 Å². The Labute approximate surface area is 187 Å². The van der Waals surface area contributed by atoms with Gasteiger partial charge >= 0.3 is 0 Å². The summed E-state index contributed by atoms with van der Waals surface area (Å²) in [6, 6.07) is 21.9. The number of carbonyl (C=O) groups excluding carboxylic acids is 2. The molecule has 8 heteroatoms. The topological polar surface area (TPSA) is 101 Å². The second-order valence-corrected chi connectivity index (χ2v) is 7.37. The zero-order chi connectivity index (χ0) is 22.2. The van der Waals surface area contributed by atoms with Gasteiger partial charge in [0.15, 0.2) is 0 Å². The molecule has 0 atom stereocenters. The van der Waals surface area contributed by atoms with Crippen molar-refractivity contribution in [3.05, 3.63) is 116 Å². The van der Waals surface area contributed by atoms with Gasteiger partial charge in [-0.25, -0.2) is 0 Å². The SMILES string of the molecule is O=C(NCc1ccccc1)/C(=C/c1cccc([N+](=O)[O-])c1)NC(=O)c1ccccc1Br. The molecule has 0 fully saturated rings. The van der Waals surface area contributed by atoms with Gasteiger partial charge in [0, 0.05) is 23.2 Å². The number of amides is 2. The van der Waals surface area contributed by atoms with Crippen LogP contribution < -0.4 is 10.6 Å². The van der Waals surface area contributed by atoms with Gasteiger partial charge in [0.2, 0.25) is 0 Å². The van der Waals surface area contributed by atoms with Crippen LogP contribution in [0.15, 0.2) is 89.0 Å². The molecule has 2 N–H and O–H groups in total. The minimum atomic E-state index is -0.522. The van der Waals surface area contributed by atoms with Gasteiger partial charge in [0.05, 0.1) is 10.5 Å². The van der Waals surface area contributed by atoms with Crippen molar-refractivity contribution in [2.24, 2.45) is 0 Å². The highest BCUT2D eigenvalue weighted by Gasteiger charge is 2.17. The van der Waals surface area contributed by atoms with Crippen molar-refractivity contribution >= 4 is 39.5 Å². The lowest BCUT2D eigenvalue weighted by Gasteiger charge is -2.12. The van der Waals surface area contributed by atoms with Crippen LogP contribution >= 0.6 is 15.9 Å². The minimum Gasteiger partial charge on any atom is -0.347 e. The van der Waals surface area contributed by atoms with Gasteiger partial charge in [-0.2, -0.15) is 0 Å². The Morgan fingerprint density at radius 1 is 0.968 bits per heavy atom. The predicted molar refractivity (Wildman–Crippen MR) is 121 cm³/mol. The molecule has 0 saturated carbocycles. The monoisotopic (exact) mass is 479 g/mol. The second kappa shape index (κ2) is 10.3. The molecule has 0 bridgehead atoms. The molecule has 0 saturated heterocycles. The Morgan fingerprint density at radius 3 is 2.39 bits per heavy atom. The summed E-state index contributed by atoms with van der Waals surface area (Å²) < 4.78 is 0.576. The van der Waals surface area contributed by atoms with E-state index in [-0.39, 0.29) is 17.9 Å². The lowest BCUT2D eigenvalue weighted by atomic mass is 10.1. The van der Waals surface area contributed by atoms with Crippen LogP contribution in [0.4, 0.5) is 5.69 Å². The fourth-order valence-corrected chi connectivity index (χ4v) is 3.23. The third kappa shape index (κ3) is 6.10. The Balaban J connectivity index is 1.88. The molecule has 0 aromatic heterocycles. The maximum atomic E-state index is 12.9.